The first-order chi connectivity index (χ1) is 9.84. The molecule has 3 nitrogen and oxygen atoms in total. The average molecular weight is 305 g/mol. The molecule has 0 atom stereocenters. The van der Waals surface area contributed by atoms with Crippen LogP contribution in [0, 0.1) is 6.92 Å². The van der Waals surface area contributed by atoms with Gasteiger partial charge in [0.1, 0.15) is 5.15 Å². The highest BCUT2D eigenvalue weighted by atomic mass is 35.5. The second kappa shape index (κ2) is 6.02. The fourth-order valence-electron chi connectivity index (χ4n) is 2.75. The SMILES string of the molecule is Cc1c(Cl)nc2ccccc2c1C(=O)N(C(C)C)C(C)C. The number of carbonyl (C=O) groups is 1. The van der Waals surface area contributed by atoms with Gasteiger partial charge in [-0.15, -0.1) is 0 Å². The minimum absolute atomic E-state index is 0.0120. The van der Waals surface area contributed by atoms with Crippen LogP contribution in [0.15, 0.2) is 24.3 Å². The van der Waals surface area contributed by atoms with E-state index in [0.717, 1.165) is 16.5 Å². The predicted molar refractivity (Wildman–Crippen MR) is 87.9 cm³/mol. The Morgan fingerprint density at radius 3 is 2.29 bits per heavy atom. The van der Waals surface area contributed by atoms with E-state index in [2.05, 4.69) is 4.98 Å². The van der Waals surface area contributed by atoms with Crippen molar-refractivity contribution in [2.24, 2.45) is 0 Å². The average Bonchev–Trinajstić information content (AvgIpc) is 2.39. The van der Waals surface area contributed by atoms with Crippen LogP contribution in [0.1, 0.15) is 43.6 Å². The molecule has 0 spiro atoms. The number of para-hydroxylation sites is 1. The quantitative estimate of drug-likeness (QED) is 0.785. The van der Waals surface area contributed by atoms with Gasteiger partial charge in [-0.3, -0.25) is 4.79 Å². The first-order valence-electron chi connectivity index (χ1n) is 7.22. The number of rotatable bonds is 3. The fourth-order valence-corrected chi connectivity index (χ4v) is 2.93. The summed E-state index contributed by atoms with van der Waals surface area (Å²) in [7, 11) is 0. The van der Waals surface area contributed by atoms with Gasteiger partial charge in [0, 0.05) is 17.5 Å². The minimum atomic E-state index is 0.0120. The molecule has 0 saturated carbocycles. The standard InChI is InChI=1S/C17H21ClN2O/c1-10(2)20(11(3)4)17(21)15-12(5)16(18)19-14-9-7-6-8-13(14)15/h6-11H,1-5H3. The molecule has 0 unspecified atom stereocenters. The van der Waals surface area contributed by atoms with Gasteiger partial charge in [-0.05, 0) is 46.2 Å². The van der Waals surface area contributed by atoms with Gasteiger partial charge in [-0.2, -0.15) is 0 Å². The molecule has 1 heterocycles. The van der Waals surface area contributed by atoms with Crippen molar-refractivity contribution < 1.29 is 4.79 Å². The topological polar surface area (TPSA) is 33.2 Å². The maximum absolute atomic E-state index is 13.1. The molecule has 21 heavy (non-hydrogen) atoms. The summed E-state index contributed by atoms with van der Waals surface area (Å²) >= 11 is 6.22. The monoisotopic (exact) mass is 304 g/mol. The van der Waals surface area contributed by atoms with Gasteiger partial charge in [0.05, 0.1) is 11.1 Å². The largest absolute Gasteiger partial charge is 0.334 e. The van der Waals surface area contributed by atoms with Crippen molar-refractivity contribution in [1.82, 2.24) is 9.88 Å². The molecule has 1 aromatic carbocycles. The van der Waals surface area contributed by atoms with Gasteiger partial charge in [0.2, 0.25) is 0 Å². The van der Waals surface area contributed by atoms with E-state index < -0.39 is 0 Å². The van der Waals surface area contributed by atoms with Gasteiger partial charge in [-0.25, -0.2) is 4.98 Å². The summed E-state index contributed by atoms with van der Waals surface area (Å²) in [4.78, 5) is 19.3. The van der Waals surface area contributed by atoms with Crippen LogP contribution in [0.25, 0.3) is 10.9 Å². The Kier molecular flexibility index (Phi) is 4.52. The zero-order valence-corrected chi connectivity index (χ0v) is 13.9. The Hall–Kier alpha value is -1.61. The molecule has 0 aliphatic rings. The van der Waals surface area contributed by atoms with Crippen LogP contribution in [0.5, 0.6) is 0 Å². The fraction of sp³-hybridized carbons (Fsp3) is 0.412. The minimum Gasteiger partial charge on any atom is -0.334 e. The molecule has 4 heteroatoms. The Bertz CT molecular complexity index is 672. The van der Waals surface area contributed by atoms with E-state index in [4.69, 9.17) is 11.6 Å². The van der Waals surface area contributed by atoms with Gasteiger partial charge in [0.25, 0.3) is 5.91 Å². The van der Waals surface area contributed by atoms with Gasteiger partial charge in [0.15, 0.2) is 0 Å². The lowest BCUT2D eigenvalue weighted by molar-refractivity contribution is 0.0645. The number of hydrogen-bond acceptors (Lipinski definition) is 2. The first-order valence-corrected chi connectivity index (χ1v) is 7.60. The second-order valence-electron chi connectivity index (χ2n) is 5.82. The van der Waals surface area contributed by atoms with E-state index in [1.807, 2.05) is 63.8 Å². The lowest BCUT2D eigenvalue weighted by Gasteiger charge is -2.31. The molecule has 2 aromatic rings. The molecular formula is C17H21ClN2O. The number of aromatic nitrogens is 1. The van der Waals surface area contributed by atoms with Crippen LogP contribution in [0.3, 0.4) is 0 Å². The van der Waals surface area contributed by atoms with Crippen molar-refractivity contribution in [2.45, 2.75) is 46.7 Å². The van der Waals surface area contributed by atoms with E-state index >= 15 is 0 Å². The third-order valence-electron chi connectivity index (χ3n) is 3.64. The Morgan fingerprint density at radius 2 is 1.71 bits per heavy atom. The molecule has 0 saturated heterocycles. The van der Waals surface area contributed by atoms with Crippen LogP contribution >= 0.6 is 11.6 Å². The predicted octanol–water partition coefficient (Wildman–Crippen LogP) is 4.46. The number of carbonyl (C=O) groups excluding carboxylic acids is 1. The van der Waals surface area contributed by atoms with Crippen molar-refractivity contribution in [3.8, 4) is 0 Å². The zero-order valence-electron chi connectivity index (χ0n) is 13.1. The summed E-state index contributed by atoms with van der Waals surface area (Å²) in [6, 6.07) is 7.89. The molecule has 2 rings (SSSR count). The third-order valence-corrected chi connectivity index (χ3v) is 4.01. The van der Waals surface area contributed by atoms with E-state index in [9.17, 15) is 4.79 Å². The molecule has 0 radical (unpaired) electrons. The summed E-state index contributed by atoms with van der Waals surface area (Å²) in [6.07, 6.45) is 0. The lowest BCUT2D eigenvalue weighted by atomic mass is 10.0. The molecule has 112 valence electrons. The number of nitrogens with zero attached hydrogens (tertiary/aromatic N) is 2. The highest BCUT2D eigenvalue weighted by Gasteiger charge is 2.26. The Labute approximate surface area is 130 Å². The smallest absolute Gasteiger partial charge is 0.255 e. The normalized spacial score (nSPS) is 11.4. The van der Waals surface area contributed by atoms with Crippen molar-refractivity contribution in [3.05, 3.63) is 40.5 Å². The number of pyridine rings is 1. The van der Waals surface area contributed by atoms with Crippen LogP contribution in [-0.2, 0) is 0 Å². The van der Waals surface area contributed by atoms with Crippen molar-refractivity contribution >= 4 is 28.4 Å². The molecule has 0 aliphatic carbocycles. The van der Waals surface area contributed by atoms with E-state index in [-0.39, 0.29) is 18.0 Å². The summed E-state index contributed by atoms with van der Waals surface area (Å²) in [5.74, 6) is 0.0120. The number of benzene rings is 1. The van der Waals surface area contributed by atoms with Crippen molar-refractivity contribution in [3.63, 3.8) is 0 Å². The second-order valence-corrected chi connectivity index (χ2v) is 6.18. The highest BCUT2D eigenvalue weighted by Crippen LogP contribution is 2.28. The van der Waals surface area contributed by atoms with Crippen molar-refractivity contribution in [1.29, 1.82) is 0 Å². The van der Waals surface area contributed by atoms with E-state index in [1.54, 1.807) is 0 Å². The van der Waals surface area contributed by atoms with Crippen LogP contribution < -0.4 is 0 Å². The molecule has 0 aliphatic heterocycles. The zero-order chi connectivity index (χ0) is 15.7. The molecule has 0 bridgehead atoms. The first kappa shape index (κ1) is 15.8. The summed E-state index contributed by atoms with van der Waals surface area (Å²) < 4.78 is 0. The van der Waals surface area contributed by atoms with E-state index in [0.29, 0.717) is 10.7 Å². The summed E-state index contributed by atoms with van der Waals surface area (Å²) in [5, 5.41) is 1.25. The number of amides is 1. The van der Waals surface area contributed by atoms with Crippen LogP contribution in [0.2, 0.25) is 5.15 Å². The van der Waals surface area contributed by atoms with Gasteiger partial charge in [-0.1, -0.05) is 29.8 Å². The Morgan fingerprint density at radius 1 is 1.14 bits per heavy atom. The molecular weight excluding hydrogens is 284 g/mol. The third kappa shape index (κ3) is 2.88. The van der Waals surface area contributed by atoms with Crippen LogP contribution in [-0.4, -0.2) is 27.9 Å². The lowest BCUT2D eigenvalue weighted by Crippen LogP contribution is -2.42. The summed E-state index contributed by atoms with van der Waals surface area (Å²) in [5.41, 5.74) is 2.16. The Balaban J connectivity index is 2.70. The van der Waals surface area contributed by atoms with Crippen LogP contribution in [0.4, 0.5) is 0 Å². The van der Waals surface area contributed by atoms with Gasteiger partial charge >= 0.3 is 0 Å². The number of fused-ring (bicyclic) bond motifs is 1. The molecule has 1 aromatic heterocycles. The molecule has 0 fully saturated rings. The van der Waals surface area contributed by atoms with E-state index in [1.165, 1.54) is 0 Å². The molecule has 0 N–H and O–H groups in total. The molecule has 1 amide bonds. The maximum atomic E-state index is 13.1. The van der Waals surface area contributed by atoms with Crippen molar-refractivity contribution in [2.75, 3.05) is 0 Å². The highest BCUT2D eigenvalue weighted by molar-refractivity contribution is 6.31. The summed E-state index contributed by atoms with van der Waals surface area (Å²) in [6.45, 7) is 9.96. The number of halogens is 1. The maximum Gasteiger partial charge on any atom is 0.255 e. The van der Waals surface area contributed by atoms with Gasteiger partial charge < -0.3 is 4.90 Å². The number of hydrogen-bond donors (Lipinski definition) is 0.